The van der Waals surface area contributed by atoms with Crippen molar-refractivity contribution in [2.24, 2.45) is 0 Å². The number of fused-ring (bicyclic) bond motifs is 2. The van der Waals surface area contributed by atoms with Gasteiger partial charge in [-0.1, -0.05) is 46.3 Å². The molecule has 0 fully saturated rings. The van der Waals surface area contributed by atoms with E-state index in [0.29, 0.717) is 21.7 Å². The largest absolute Gasteiger partial charge is 0.450 e. The predicted molar refractivity (Wildman–Crippen MR) is 107 cm³/mol. The number of benzene rings is 2. The highest BCUT2D eigenvalue weighted by molar-refractivity contribution is 9.10. The number of amides is 1. The molecule has 5 rings (SSSR count). The normalized spacial score (nSPS) is 16.1. The summed E-state index contributed by atoms with van der Waals surface area (Å²) in [6, 6.07) is 14.1. The molecule has 1 amide bonds. The van der Waals surface area contributed by atoms with Crippen LogP contribution in [0.1, 0.15) is 27.7 Å². The summed E-state index contributed by atoms with van der Waals surface area (Å²) in [7, 11) is 0. The second-order valence-electron chi connectivity index (χ2n) is 6.12. The summed E-state index contributed by atoms with van der Waals surface area (Å²) in [6.45, 7) is 0. The molecule has 5 nitrogen and oxygen atoms in total. The van der Waals surface area contributed by atoms with E-state index in [2.05, 4.69) is 20.9 Å². The lowest BCUT2D eigenvalue weighted by Crippen LogP contribution is -2.29. The molecular formula is C20H11BrN2O3S. The minimum atomic E-state index is -0.570. The van der Waals surface area contributed by atoms with Gasteiger partial charge in [0.05, 0.1) is 17.0 Å². The van der Waals surface area contributed by atoms with Crippen molar-refractivity contribution >= 4 is 49.3 Å². The van der Waals surface area contributed by atoms with E-state index in [-0.39, 0.29) is 17.1 Å². The Labute approximate surface area is 166 Å². The molecule has 2 aromatic carbocycles. The third-order valence-corrected chi connectivity index (χ3v) is 5.84. The second kappa shape index (κ2) is 6.14. The van der Waals surface area contributed by atoms with Gasteiger partial charge in [-0.25, -0.2) is 4.98 Å². The first kappa shape index (κ1) is 16.4. The van der Waals surface area contributed by atoms with Crippen LogP contribution in [0, 0.1) is 0 Å². The Morgan fingerprint density at radius 3 is 2.67 bits per heavy atom. The van der Waals surface area contributed by atoms with Crippen molar-refractivity contribution in [3.63, 3.8) is 0 Å². The first-order valence-corrected chi connectivity index (χ1v) is 9.86. The molecule has 0 bridgehead atoms. The Morgan fingerprint density at radius 2 is 1.93 bits per heavy atom. The zero-order valence-electron chi connectivity index (χ0n) is 13.8. The zero-order chi connectivity index (χ0) is 18.5. The molecule has 0 unspecified atom stereocenters. The molecule has 1 aliphatic heterocycles. The molecule has 0 saturated carbocycles. The number of hydrogen-bond donors (Lipinski definition) is 0. The summed E-state index contributed by atoms with van der Waals surface area (Å²) in [5.74, 6) is -0.269. The van der Waals surface area contributed by atoms with E-state index in [9.17, 15) is 9.59 Å². The Kier molecular flexibility index (Phi) is 3.73. The van der Waals surface area contributed by atoms with E-state index in [1.165, 1.54) is 11.3 Å². The van der Waals surface area contributed by atoms with Gasteiger partial charge in [-0.3, -0.25) is 14.5 Å². The van der Waals surface area contributed by atoms with E-state index in [1.54, 1.807) is 34.7 Å². The van der Waals surface area contributed by atoms with Gasteiger partial charge < -0.3 is 4.42 Å². The number of carbonyl (C=O) groups is 1. The highest BCUT2D eigenvalue weighted by Gasteiger charge is 2.44. The maximum absolute atomic E-state index is 13.3. The van der Waals surface area contributed by atoms with Gasteiger partial charge in [0, 0.05) is 16.0 Å². The molecule has 0 aliphatic carbocycles. The van der Waals surface area contributed by atoms with Gasteiger partial charge in [0.15, 0.2) is 10.6 Å². The molecule has 2 aromatic heterocycles. The van der Waals surface area contributed by atoms with Crippen LogP contribution in [-0.2, 0) is 0 Å². The molecule has 3 heterocycles. The van der Waals surface area contributed by atoms with Crippen molar-refractivity contribution in [3.05, 3.63) is 91.7 Å². The fourth-order valence-corrected chi connectivity index (χ4v) is 4.46. The van der Waals surface area contributed by atoms with Crippen LogP contribution in [0.3, 0.4) is 0 Å². The average molecular weight is 439 g/mol. The smallest absolute Gasteiger partial charge is 0.297 e. The van der Waals surface area contributed by atoms with E-state index in [0.717, 1.165) is 10.0 Å². The highest BCUT2D eigenvalue weighted by Crippen LogP contribution is 2.41. The van der Waals surface area contributed by atoms with E-state index in [1.807, 2.05) is 30.3 Å². The summed E-state index contributed by atoms with van der Waals surface area (Å²) in [5, 5.41) is 2.78. The van der Waals surface area contributed by atoms with Crippen molar-refractivity contribution < 1.29 is 9.21 Å². The summed E-state index contributed by atoms with van der Waals surface area (Å²) in [6.07, 6.45) is 1.64. The van der Waals surface area contributed by atoms with E-state index >= 15 is 0 Å². The molecule has 0 N–H and O–H groups in total. The number of halogens is 1. The Balaban J connectivity index is 1.85. The SMILES string of the molecule is O=C1c2oc3ccc(Br)cc3c(=O)c2[C@H](c2ccccc2)N1c1nccs1. The monoisotopic (exact) mass is 438 g/mol. The van der Waals surface area contributed by atoms with E-state index in [4.69, 9.17) is 4.42 Å². The topological polar surface area (TPSA) is 63.4 Å². The third-order valence-electron chi connectivity index (χ3n) is 4.57. The number of anilines is 1. The summed E-state index contributed by atoms with van der Waals surface area (Å²) < 4.78 is 6.67. The Bertz CT molecular complexity index is 1240. The van der Waals surface area contributed by atoms with Gasteiger partial charge in [0.25, 0.3) is 5.91 Å². The number of thiazole rings is 1. The standard InChI is InChI=1S/C20H11BrN2O3S/c21-12-6-7-14-13(10-12)17(24)15-16(11-4-2-1-3-5-11)23(19(25)18(15)26-14)20-22-8-9-27-20/h1-10,16H/t16-/m0/s1. The number of aromatic nitrogens is 1. The molecule has 0 spiro atoms. The second-order valence-corrected chi connectivity index (χ2v) is 7.91. The molecule has 0 saturated heterocycles. The van der Waals surface area contributed by atoms with Crippen LogP contribution in [0.4, 0.5) is 5.13 Å². The summed E-state index contributed by atoms with van der Waals surface area (Å²) in [5.41, 5.74) is 1.38. The zero-order valence-corrected chi connectivity index (χ0v) is 16.2. The van der Waals surface area contributed by atoms with Crippen LogP contribution in [0.15, 0.2) is 73.8 Å². The molecule has 27 heavy (non-hydrogen) atoms. The molecule has 1 atom stereocenters. The van der Waals surface area contributed by atoms with Crippen molar-refractivity contribution in [1.82, 2.24) is 4.98 Å². The number of rotatable bonds is 2. The van der Waals surface area contributed by atoms with Crippen LogP contribution in [0.25, 0.3) is 11.0 Å². The van der Waals surface area contributed by atoms with Crippen molar-refractivity contribution in [3.8, 4) is 0 Å². The first-order chi connectivity index (χ1) is 13.1. The van der Waals surface area contributed by atoms with Crippen molar-refractivity contribution in [2.45, 2.75) is 6.04 Å². The maximum atomic E-state index is 13.3. The lowest BCUT2D eigenvalue weighted by atomic mass is 9.99. The minimum absolute atomic E-state index is 0.0823. The van der Waals surface area contributed by atoms with Gasteiger partial charge in [0.2, 0.25) is 5.76 Å². The third kappa shape index (κ3) is 2.46. The van der Waals surface area contributed by atoms with Crippen molar-refractivity contribution in [1.29, 1.82) is 0 Å². The fourth-order valence-electron chi connectivity index (χ4n) is 3.43. The lowest BCUT2D eigenvalue weighted by molar-refractivity contribution is 0.0971. The van der Waals surface area contributed by atoms with Gasteiger partial charge in [-0.15, -0.1) is 11.3 Å². The number of hydrogen-bond acceptors (Lipinski definition) is 5. The minimum Gasteiger partial charge on any atom is -0.450 e. The Hall–Kier alpha value is -2.77. The first-order valence-electron chi connectivity index (χ1n) is 8.19. The van der Waals surface area contributed by atoms with Crippen LogP contribution in [-0.4, -0.2) is 10.9 Å². The molecule has 0 radical (unpaired) electrons. The van der Waals surface area contributed by atoms with Crippen LogP contribution >= 0.6 is 27.3 Å². The van der Waals surface area contributed by atoms with E-state index < -0.39 is 6.04 Å². The highest BCUT2D eigenvalue weighted by atomic mass is 79.9. The number of carbonyl (C=O) groups excluding carboxylic acids is 1. The maximum Gasteiger partial charge on any atom is 0.297 e. The van der Waals surface area contributed by atoms with Crippen LogP contribution < -0.4 is 10.3 Å². The summed E-state index contributed by atoms with van der Waals surface area (Å²) in [4.78, 5) is 32.4. The molecule has 4 aromatic rings. The van der Waals surface area contributed by atoms with Gasteiger partial charge in [0.1, 0.15) is 5.58 Å². The molecule has 132 valence electrons. The fraction of sp³-hybridized carbons (Fsp3) is 0.0500. The van der Waals surface area contributed by atoms with Gasteiger partial charge >= 0.3 is 0 Å². The van der Waals surface area contributed by atoms with Crippen LogP contribution in [0.5, 0.6) is 0 Å². The van der Waals surface area contributed by atoms with Gasteiger partial charge in [-0.05, 0) is 23.8 Å². The molecule has 7 heteroatoms. The predicted octanol–water partition coefficient (Wildman–Crippen LogP) is 4.76. The summed E-state index contributed by atoms with van der Waals surface area (Å²) >= 11 is 4.74. The molecular weight excluding hydrogens is 428 g/mol. The van der Waals surface area contributed by atoms with Crippen molar-refractivity contribution in [2.75, 3.05) is 4.90 Å². The average Bonchev–Trinajstić information content (AvgIpc) is 3.30. The molecule has 1 aliphatic rings. The quantitative estimate of drug-likeness (QED) is 0.452. The van der Waals surface area contributed by atoms with Gasteiger partial charge in [-0.2, -0.15) is 0 Å². The number of nitrogens with zero attached hydrogens (tertiary/aromatic N) is 2. The van der Waals surface area contributed by atoms with Crippen LogP contribution in [0.2, 0.25) is 0 Å². The lowest BCUT2D eigenvalue weighted by Gasteiger charge is -2.22. The Morgan fingerprint density at radius 1 is 1.11 bits per heavy atom.